The molecular weight excluding hydrogens is 352 g/mol. The van der Waals surface area contributed by atoms with Gasteiger partial charge in [-0.2, -0.15) is 0 Å². The Morgan fingerprint density at radius 2 is 2.00 bits per heavy atom. The number of aromatic nitrogens is 2. The van der Waals surface area contributed by atoms with E-state index in [1.807, 2.05) is 18.2 Å². The number of likely N-dealkylation sites (N-methyl/N-ethyl adjacent to an activating group) is 1. The Morgan fingerprint density at radius 1 is 1.18 bits per heavy atom. The lowest BCUT2D eigenvalue weighted by Gasteiger charge is -2.38. The Hall–Kier alpha value is -1.92. The average Bonchev–Trinajstić information content (AvgIpc) is 2.74. The van der Waals surface area contributed by atoms with E-state index in [2.05, 4.69) is 23.8 Å². The van der Waals surface area contributed by atoms with Crippen LogP contribution in [0.25, 0.3) is 10.9 Å². The number of piperidine rings is 1. The summed E-state index contributed by atoms with van der Waals surface area (Å²) in [5.41, 5.74) is 1.98. The average molecular weight is 385 g/mol. The fourth-order valence-electron chi connectivity index (χ4n) is 4.45. The van der Waals surface area contributed by atoms with Crippen molar-refractivity contribution in [2.45, 2.75) is 51.2 Å². The Bertz CT molecular complexity index is 798. The molecule has 3 heterocycles. The molecule has 0 radical (unpaired) electrons. The lowest BCUT2D eigenvalue weighted by molar-refractivity contribution is -0.00986. The minimum atomic E-state index is 0.415. The Balaban J connectivity index is 1.40. The van der Waals surface area contributed by atoms with Crippen LogP contribution >= 0.6 is 0 Å². The SMILES string of the molecule is COc1ccc2c(C)nc(N3CCC(N(C)CC4CCCCO4)CC3)nc2c1. The van der Waals surface area contributed by atoms with E-state index in [9.17, 15) is 0 Å². The third kappa shape index (κ3) is 4.23. The van der Waals surface area contributed by atoms with Gasteiger partial charge in [0.1, 0.15) is 5.75 Å². The highest BCUT2D eigenvalue weighted by molar-refractivity contribution is 5.83. The normalized spacial score (nSPS) is 21.4. The monoisotopic (exact) mass is 384 g/mol. The largest absolute Gasteiger partial charge is 0.497 e. The van der Waals surface area contributed by atoms with Crippen molar-refractivity contribution in [2.24, 2.45) is 0 Å². The summed E-state index contributed by atoms with van der Waals surface area (Å²) in [5, 5.41) is 1.09. The van der Waals surface area contributed by atoms with E-state index in [4.69, 9.17) is 19.4 Å². The van der Waals surface area contributed by atoms with Gasteiger partial charge < -0.3 is 19.3 Å². The summed E-state index contributed by atoms with van der Waals surface area (Å²) in [5.74, 6) is 1.68. The number of benzene rings is 1. The molecule has 2 aliphatic rings. The molecule has 0 amide bonds. The molecule has 0 bridgehead atoms. The molecule has 1 aromatic heterocycles. The second-order valence-electron chi connectivity index (χ2n) is 8.14. The van der Waals surface area contributed by atoms with E-state index in [-0.39, 0.29) is 0 Å². The molecule has 2 aliphatic heterocycles. The summed E-state index contributed by atoms with van der Waals surface area (Å²) in [6.07, 6.45) is 6.43. The molecule has 2 saturated heterocycles. The predicted molar refractivity (Wildman–Crippen MR) is 112 cm³/mol. The van der Waals surface area contributed by atoms with Crippen molar-refractivity contribution in [3.8, 4) is 5.75 Å². The van der Waals surface area contributed by atoms with Gasteiger partial charge in [-0.3, -0.25) is 0 Å². The van der Waals surface area contributed by atoms with Crippen molar-refractivity contribution >= 4 is 16.9 Å². The number of nitrogens with zero attached hydrogens (tertiary/aromatic N) is 4. The van der Waals surface area contributed by atoms with Crippen LogP contribution < -0.4 is 9.64 Å². The first-order valence-corrected chi connectivity index (χ1v) is 10.5. The molecule has 2 fully saturated rings. The zero-order valence-corrected chi connectivity index (χ0v) is 17.4. The van der Waals surface area contributed by atoms with Gasteiger partial charge in [0, 0.05) is 43.7 Å². The minimum absolute atomic E-state index is 0.415. The lowest BCUT2D eigenvalue weighted by atomic mass is 10.0. The molecule has 2 aromatic rings. The molecule has 0 spiro atoms. The Labute approximate surface area is 167 Å². The van der Waals surface area contributed by atoms with E-state index in [1.54, 1.807) is 7.11 Å². The van der Waals surface area contributed by atoms with Crippen molar-refractivity contribution in [3.63, 3.8) is 0 Å². The number of hydrogen-bond acceptors (Lipinski definition) is 6. The fourth-order valence-corrected chi connectivity index (χ4v) is 4.45. The van der Waals surface area contributed by atoms with Gasteiger partial charge in [-0.1, -0.05) is 0 Å². The maximum absolute atomic E-state index is 5.92. The molecule has 1 atom stereocenters. The van der Waals surface area contributed by atoms with Gasteiger partial charge in [0.15, 0.2) is 0 Å². The number of hydrogen-bond donors (Lipinski definition) is 0. The third-order valence-electron chi connectivity index (χ3n) is 6.22. The van der Waals surface area contributed by atoms with Crippen molar-refractivity contribution < 1.29 is 9.47 Å². The van der Waals surface area contributed by atoms with Gasteiger partial charge in [-0.05, 0) is 58.2 Å². The summed E-state index contributed by atoms with van der Waals surface area (Å²) in [4.78, 5) is 14.4. The Morgan fingerprint density at radius 3 is 2.71 bits per heavy atom. The summed E-state index contributed by atoms with van der Waals surface area (Å²) in [6.45, 7) is 6.03. The van der Waals surface area contributed by atoms with Crippen LogP contribution in [-0.2, 0) is 4.74 Å². The van der Waals surface area contributed by atoms with E-state index in [1.165, 1.54) is 19.3 Å². The molecule has 1 unspecified atom stereocenters. The van der Waals surface area contributed by atoms with Crippen molar-refractivity contribution in [2.75, 3.05) is 45.3 Å². The molecule has 1 aromatic carbocycles. The molecule has 0 aliphatic carbocycles. The van der Waals surface area contributed by atoms with Gasteiger partial charge in [0.05, 0.1) is 24.4 Å². The van der Waals surface area contributed by atoms with Crippen molar-refractivity contribution in [3.05, 3.63) is 23.9 Å². The molecule has 0 N–H and O–H groups in total. The highest BCUT2D eigenvalue weighted by Crippen LogP contribution is 2.26. The van der Waals surface area contributed by atoms with Crippen LogP contribution in [0.15, 0.2) is 18.2 Å². The summed E-state index contributed by atoms with van der Waals surface area (Å²) in [7, 11) is 3.94. The van der Waals surface area contributed by atoms with Crippen molar-refractivity contribution in [1.82, 2.24) is 14.9 Å². The molecular formula is C22H32N4O2. The van der Waals surface area contributed by atoms with Gasteiger partial charge in [0.25, 0.3) is 0 Å². The molecule has 152 valence electrons. The summed E-state index contributed by atoms with van der Waals surface area (Å²) in [6, 6.07) is 6.62. The summed E-state index contributed by atoms with van der Waals surface area (Å²) >= 11 is 0. The maximum Gasteiger partial charge on any atom is 0.226 e. The number of ether oxygens (including phenoxy) is 2. The molecule has 28 heavy (non-hydrogen) atoms. The summed E-state index contributed by atoms with van der Waals surface area (Å²) < 4.78 is 11.3. The van der Waals surface area contributed by atoms with Gasteiger partial charge in [0.2, 0.25) is 5.95 Å². The predicted octanol–water partition coefficient (Wildman–Crippen LogP) is 3.42. The topological polar surface area (TPSA) is 50.7 Å². The van der Waals surface area contributed by atoms with Gasteiger partial charge in [-0.25, -0.2) is 9.97 Å². The first kappa shape index (κ1) is 19.4. The van der Waals surface area contributed by atoms with Crippen molar-refractivity contribution in [1.29, 1.82) is 0 Å². The highest BCUT2D eigenvalue weighted by Gasteiger charge is 2.26. The molecule has 6 heteroatoms. The fraction of sp³-hybridized carbons (Fsp3) is 0.636. The van der Waals surface area contributed by atoms with Crippen LogP contribution in [0.4, 0.5) is 5.95 Å². The first-order valence-electron chi connectivity index (χ1n) is 10.5. The second-order valence-corrected chi connectivity index (χ2v) is 8.14. The zero-order chi connectivity index (χ0) is 19.5. The van der Waals surface area contributed by atoms with Gasteiger partial charge >= 0.3 is 0 Å². The standard InChI is InChI=1S/C22H32N4O2/c1-16-20-8-7-18(27-3)14-21(20)24-22(23-16)26-11-9-17(10-12-26)25(2)15-19-6-4-5-13-28-19/h7-8,14,17,19H,4-6,9-13,15H2,1-3H3. The second kappa shape index (κ2) is 8.62. The van der Waals surface area contributed by atoms with Crippen LogP contribution in [0, 0.1) is 6.92 Å². The minimum Gasteiger partial charge on any atom is -0.497 e. The van der Waals surface area contributed by atoms with E-state index < -0.39 is 0 Å². The zero-order valence-electron chi connectivity index (χ0n) is 17.4. The number of rotatable bonds is 5. The molecule has 4 rings (SSSR count). The number of aryl methyl sites for hydroxylation is 1. The maximum atomic E-state index is 5.92. The van der Waals surface area contributed by atoms with E-state index in [0.29, 0.717) is 12.1 Å². The number of methoxy groups -OCH3 is 1. The smallest absolute Gasteiger partial charge is 0.226 e. The van der Waals surface area contributed by atoms with Crippen LogP contribution in [0.1, 0.15) is 37.8 Å². The molecule has 6 nitrogen and oxygen atoms in total. The van der Waals surface area contributed by atoms with Crippen LogP contribution in [0.2, 0.25) is 0 Å². The lowest BCUT2D eigenvalue weighted by Crippen LogP contribution is -2.46. The quantitative estimate of drug-likeness (QED) is 0.787. The number of fused-ring (bicyclic) bond motifs is 1. The number of anilines is 1. The van der Waals surface area contributed by atoms with Crippen LogP contribution in [-0.4, -0.2) is 67.4 Å². The third-order valence-corrected chi connectivity index (χ3v) is 6.22. The first-order chi connectivity index (χ1) is 13.6. The highest BCUT2D eigenvalue weighted by atomic mass is 16.5. The Kier molecular flexibility index (Phi) is 5.97. The molecule has 0 saturated carbocycles. The van der Waals surface area contributed by atoms with E-state index >= 15 is 0 Å². The van der Waals surface area contributed by atoms with E-state index in [0.717, 1.165) is 67.4 Å². The van der Waals surface area contributed by atoms with Crippen LogP contribution in [0.5, 0.6) is 5.75 Å². The van der Waals surface area contributed by atoms with Crippen LogP contribution in [0.3, 0.4) is 0 Å². The van der Waals surface area contributed by atoms with Gasteiger partial charge in [-0.15, -0.1) is 0 Å².